The Hall–Kier alpha value is -0.900. The zero-order valence-corrected chi connectivity index (χ0v) is 10.8. The van der Waals surface area contributed by atoms with E-state index in [2.05, 4.69) is 15.0 Å². The van der Waals surface area contributed by atoms with Crippen LogP contribution in [-0.2, 0) is 0 Å². The van der Waals surface area contributed by atoms with Crippen molar-refractivity contribution in [1.29, 1.82) is 0 Å². The summed E-state index contributed by atoms with van der Waals surface area (Å²) < 4.78 is 5.41. The van der Waals surface area contributed by atoms with Crippen LogP contribution in [0.25, 0.3) is 0 Å². The largest absolute Gasteiger partial charge is 0.339 e. The first kappa shape index (κ1) is 11.0. The molecule has 2 aliphatic carbocycles. The normalized spacial score (nSPS) is 29.7. The van der Waals surface area contributed by atoms with Crippen molar-refractivity contribution in [1.82, 2.24) is 15.0 Å². The van der Waals surface area contributed by atoms with Crippen LogP contribution in [-0.4, -0.2) is 28.1 Å². The highest BCUT2D eigenvalue weighted by Gasteiger charge is 2.35. The number of rotatable bonds is 4. The number of hydrogen-bond acceptors (Lipinski definition) is 4. The molecule has 1 aromatic rings. The molecule has 0 radical (unpaired) electrons. The second-order valence-corrected chi connectivity index (χ2v) is 6.21. The first-order chi connectivity index (χ1) is 8.90. The minimum atomic E-state index is 0.432. The maximum atomic E-state index is 5.41. The zero-order chi connectivity index (χ0) is 11.9. The van der Waals surface area contributed by atoms with E-state index in [4.69, 9.17) is 4.52 Å². The smallest absolute Gasteiger partial charge is 0.229 e. The third kappa shape index (κ3) is 1.96. The molecule has 2 heterocycles. The molecule has 4 nitrogen and oxygen atoms in total. The van der Waals surface area contributed by atoms with Crippen molar-refractivity contribution >= 4 is 0 Å². The molecule has 3 fully saturated rings. The van der Waals surface area contributed by atoms with Gasteiger partial charge in [-0.1, -0.05) is 11.6 Å². The molecule has 0 spiro atoms. The predicted molar refractivity (Wildman–Crippen MR) is 67.2 cm³/mol. The highest BCUT2D eigenvalue weighted by atomic mass is 16.5. The maximum Gasteiger partial charge on any atom is 0.229 e. The molecule has 2 saturated carbocycles. The molecule has 0 aromatic carbocycles. The van der Waals surface area contributed by atoms with E-state index in [1.54, 1.807) is 0 Å². The second-order valence-electron chi connectivity index (χ2n) is 6.21. The molecule has 18 heavy (non-hydrogen) atoms. The highest BCUT2D eigenvalue weighted by Crippen LogP contribution is 2.40. The summed E-state index contributed by atoms with van der Waals surface area (Å²) in [6.45, 7) is 2.46. The average Bonchev–Trinajstić information content (AvgIpc) is 2.90. The SMILES string of the molecule is C1CC(CN2CCCC2c2noc(C3CC3)n2)C1. The third-order valence-electron chi connectivity index (χ3n) is 4.76. The van der Waals surface area contributed by atoms with E-state index in [1.165, 1.54) is 58.0 Å². The molecule has 4 heteroatoms. The van der Waals surface area contributed by atoms with Crippen LogP contribution < -0.4 is 0 Å². The van der Waals surface area contributed by atoms with E-state index < -0.39 is 0 Å². The molecule has 0 amide bonds. The molecule has 3 aliphatic rings. The summed E-state index contributed by atoms with van der Waals surface area (Å²) >= 11 is 0. The van der Waals surface area contributed by atoms with Gasteiger partial charge in [-0.15, -0.1) is 0 Å². The summed E-state index contributed by atoms with van der Waals surface area (Å²) in [7, 11) is 0. The molecule has 1 aliphatic heterocycles. The van der Waals surface area contributed by atoms with E-state index in [1.807, 2.05) is 0 Å². The lowest BCUT2D eigenvalue weighted by Gasteiger charge is -2.32. The van der Waals surface area contributed by atoms with Crippen LogP contribution in [0, 0.1) is 5.92 Å². The van der Waals surface area contributed by atoms with Gasteiger partial charge in [0.15, 0.2) is 5.82 Å². The van der Waals surface area contributed by atoms with E-state index in [-0.39, 0.29) is 0 Å². The first-order valence-corrected chi connectivity index (χ1v) is 7.48. The summed E-state index contributed by atoms with van der Waals surface area (Å²) in [5.74, 6) is 3.35. The molecular weight excluding hydrogens is 226 g/mol. The van der Waals surface area contributed by atoms with E-state index in [0.717, 1.165) is 17.6 Å². The first-order valence-electron chi connectivity index (χ1n) is 7.48. The summed E-state index contributed by atoms with van der Waals surface area (Å²) in [4.78, 5) is 7.22. The van der Waals surface area contributed by atoms with Gasteiger partial charge in [0.2, 0.25) is 5.89 Å². The molecule has 1 atom stereocenters. The molecular formula is C14H21N3O. The van der Waals surface area contributed by atoms with Crippen molar-refractivity contribution in [2.45, 2.75) is 56.9 Å². The monoisotopic (exact) mass is 247 g/mol. The van der Waals surface area contributed by atoms with E-state index >= 15 is 0 Å². The van der Waals surface area contributed by atoms with Crippen LogP contribution in [0.5, 0.6) is 0 Å². The average molecular weight is 247 g/mol. The third-order valence-corrected chi connectivity index (χ3v) is 4.76. The predicted octanol–water partition coefficient (Wildman–Crippen LogP) is 2.88. The van der Waals surface area contributed by atoms with Gasteiger partial charge < -0.3 is 4.52 Å². The van der Waals surface area contributed by atoms with Crippen molar-refractivity contribution in [3.63, 3.8) is 0 Å². The lowest BCUT2D eigenvalue weighted by molar-refractivity contribution is 0.161. The molecule has 1 unspecified atom stereocenters. The van der Waals surface area contributed by atoms with Crippen molar-refractivity contribution in [3.05, 3.63) is 11.7 Å². The lowest BCUT2D eigenvalue weighted by atomic mass is 9.85. The second kappa shape index (κ2) is 4.34. The van der Waals surface area contributed by atoms with Crippen LogP contribution in [0.2, 0.25) is 0 Å². The van der Waals surface area contributed by atoms with E-state index in [9.17, 15) is 0 Å². The fourth-order valence-corrected chi connectivity index (χ4v) is 3.22. The Morgan fingerprint density at radius 2 is 2.00 bits per heavy atom. The summed E-state index contributed by atoms with van der Waals surface area (Å²) in [6.07, 6.45) is 9.22. The van der Waals surface area contributed by atoms with Gasteiger partial charge in [0.05, 0.1) is 6.04 Å². The number of likely N-dealkylation sites (tertiary alicyclic amines) is 1. The molecule has 98 valence electrons. The summed E-state index contributed by atoms with van der Waals surface area (Å²) in [6, 6.07) is 0.432. The number of aromatic nitrogens is 2. The van der Waals surface area contributed by atoms with Gasteiger partial charge in [0.1, 0.15) is 0 Å². The molecule has 0 bridgehead atoms. The van der Waals surface area contributed by atoms with Crippen LogP contribution >= 0.6 is 0 Å². The minimum Gasteiger partial charge on any atom is -0.339 e. The Kier molecular flexibility index (Phi) is 2.64. The summed E-state index contributed by atoms with van der Waals surface area (Å²) in [5, 5.41) is 4.23. The highest BCUT2D eigenvalue weighted by molar-refractivity contribution is 5.05. The Morgan fingerprint density at radius 1 is 1.11 bits per heavy atom. The topological polar surface area (TPSA) is 42.2 Å². The van der Waals surface area contributed by atoms with Crippen LogP contribution in [0.1, 0.15) is 68.6 Å². The maximum absolute atomic E-state index is 5.41. The van der Waals surface area contributed by atoms with Crippen molar-refractivity contribution in [2.75, 3.05) is 13.1 Å². The van der Waals surface area contributed by atoms with Crippen molar-refractivity contribution in [3.8, 4) is 0 Å². The molecule has 1 aromatic heterocycles. The van der Waals surface area contributed by atoms with Crippen molar-refractivity contribution in [2.24, 2.45) is 5.92 Å². The number of nitrogens with zero attached hydrogens (tertiary/aromatic N) is 3. The summed E-state index contributed by atoms with van der Waals surface area (Å²) in [5.41, 5.74) is 0. The van der Waals surface area contributed by atoms with Gasteiger partial charge >= 0.3 is 0 Å². The van der Waals surface area contributed by atoms with E-state index in [0.29, 0.717) is 12.0 Å². The molecule has 4 rings (SSSR count). The Bertz CT molecular complexity index is 422. The minimum absolute atomic E-state index is 0.432. The Morgan fingerprint density at radius 3 is 2.72 bits per heavy atom. The van der Waals surface area contributed by atoms with Gasteiger partial charge in [-0.05, 0) is 51.0 Å². The number of hydrogen-bond donors (Lipinski definition) is 0. The fourth-order valence-electron chi connectivity index (χ4n) is 3.22. The van der Waals surface area contributed by atoms with Gasteiger partial charge in [-0.3, -0.25) is 4.90 Å². The van der Waals surface area contributed by atoms with Gasteiger partial charge in [0.25, 0.3) is 0 Å². The van der Waals surface area contributed by atoms with Gasteiger partial charge in [0, 0.05) is 12.5 Å². The zero-order valence-electron chi connectivity index (χ0n) is 10.8. The van der Waals surface area contributed by atoms with Crippen LogP contribution in [0.15, 0.2) is 4.52 Å². The van der Waals surface area contributed by atoms with Crippen LogP contribution in [0.3, 0.4) is 0 Å². The fraction of sp³-hybridized carbons (Fsp3) is 0.857. The molecule has 1 saturated heterocycles. The quantitative estimate of drug-likeness (QED) is 0.820. The standard InChI is InChI=1S/C14H21N3O/c1-3-10(4-1)9-17-8-2-5-12(17)13-15-14(18-16-13)11-6-7-11/h10-12H,1-9H2. The van der Waals surface area contributed by atoms with Crippen LogP contribution in [0.4, 0.5) is 0 Å². The Balaban J connectivity index is 1.46. The van der Waals surface area contributed by atoms with Crippen molar-refractivity contribution < 1.29 is 4.52 Å². The Labute approximate surface area is 108 Å². The van der Waals surface area contributed by atoms with Gasteiger partial charge in [-0.25, -0.2) is 0 Å². The van der Waals surface area contributed by atoms with Gasteiger partial charge in [-0.2, -0.15) is 4.98 Å². The lowest BCUT2D eigenvalue weighted by Crippen LogP contribution is -2.32. The molecule has 0 N–H and O–H groups in total.